The second kappa shape index (κ2) is 11.6. The number of nitrogens with one attached hydrogen (secondary N) is 1. The minimum Gasteiger partial charge on any atom is -0.493 e. The molecule has 182 valence electrons. The Kier molecular flexibility index (Phi) is 8.61. The topological polar surface area (TPSA) is 128 Å². The normalized spacial score (nSPS) is 13.7. The first kappa shape index (κ1) is 25.2. The fourth-order valence-electron chi connectivity index (χ4n) is 3.87. The zero-order valence-corrected chi connectivity index (χ0v) is 19.7. The average molecular weight is 491 g/mol. The minimum absolute atomic E-state index is 0.00494. The van der Waals surface area contributed by atoms with Gasteiger partial charge in [-0.1, -0.05) is 18.2 Å². The van der Waals surface area contributed by atoms with Crippen molar-refractivity contribution in [1.82, 2.24) is 10.2 Å². The Balaban J connectivity index is 2.00. The number of rotatable bonds is 13. The van der Waals surface area contributed by atoms with Crippen molar-refractivity contribution in [2.75, 3.05) is 26.2 Å². The van der Waals surface area contributed by atoms with Gasteiger partial charge in [-0.15, -0.1) is 0 Å². The van der Waals surface area contributed by atoms with Gasteiger partial charge in [0.1, 0.15) is 17.4 Å². The van der Waals surface area contributed by atoms with Gasteiger partial charge < -0.3 is 19.5 Å². The fraction of sp³-hybridized carbons (Fsp3) is 0.348. The van der Waals surface area contributed by atoms with Gasteiger partial charge in [0.05, 0.1) is 37.5 Å². The Hall–Kier alpha value is -3.44. The summed E-state index contributed by atoms with van der Waals surface area (Å²) in [4.78, 5) is 38.3. The first-order chi connectivity index (χ1) is 16.4. The van der Waals surface area contributed by atoms with E-state index in [1.807, 2.05) is 6.92 Å². The van der Waals surface area contributed by atoms with Crippen LogP contribution in [0.3, 0.4) is 0 Å². The lowest BCUT2D eigenvalue weighted by Crippen LogP contribution is -2.35. The number of carbonyl (C=O) groups excluding carboxylic acids is 3. The number of methoxy groups -OCH3 is 1. The second-order valence-electron chi connectivity index (χ2n) is 7.34. The maximum absolute atomic E-state index is 13.5. The van der Waals surface area contributed by atoms with Gasteiger partial charge >= 0.3 is 0 Å². The highest BCUT2D eigenvalue weighted by atomic mass is 32.2. The van der Waals surface area contributed by atoms with Crippen molar-refractivity contribution in [2.45, 2.75) is 26.0 Å². The van der Waals surface area contributed by atoms with Crippen molar-refractivity contribution in [3.8, 4) is 11.5 Å². The Morgan fingerprint density at radius 1 is 1.12 bits per heavy atom. The summed E-state index contributed by atoms with van der Waals surface area (Å²) in [5.74, 6) is -0.371. The first-order valence-electron chi connectivity index (χ1n) is 10.6. The van der Waals surface area contributed by atoms with E-state index in [1.54, 1.807) is 36.4 Å². The highest BCUT2D eigenvalue weighted by Crippen LogP contribution is 2.38. The van der Waals surface area contributed by atoms with Crippen LogP contribution in [0, 0.1) is 0 Å². The Labute approximate surface area is 198 Å². The van der Waals surface area contributed by atoms with Crippen molar-refractivity contribution < 1.29 is 37.0 Å². The number of ether oxygens (including phenoxy) is 3. The van der Waals surface area contributed by atoms with Gasteiger partial charge in [-0.2, -0.15) is 0 Å². The summed E-state index contributed by atoms with van der Waals surface area (Å²) in [6.45, 7) is 2.13. The lowest BCUT2D eigenvalue weighted by Gasteiger charge is -2.27. The number of hydrogen-bond acceptors (Lipinski definition) is 8. The molecule has 3 amide bonds. The standard InChI is InChI=1S/C23H26N2O8S/c1-3-33-20-11-15(7-8-19(20)31-2)18(9-10-34(29)30)25-22(27)17-6-4-5-16(21(17)23(25)28)12-32-14-24-13-26/h4-8,11,13,18,34H,3,9-10,12,14H2,1-2H3,(H,24,26). The minimum atomic E-state index is -2.73. The molecule has 3 rings (SSSR count). The first-order valence-corrected chi connectivity index (χ1v) is 12.0. The number of fused-ring (bicyclic) bond motifs is 1. The quantitative estimate of drug-likeness (QED) is 0.143. The molecule has 0 radical (unpaired) electrons. The highest BCUT2D eigenvalue weighted by molar-refractivity contribution is 7.72. The van der Waals surface area contributed by atoms with Gasteiger partial charge in [-0.3, -0.25) is 19.3 Å². The molecule has 34 heavy (non-hydrogen) atoms. The van der Waals surface area contributed by atoms with Gasteiger partial charge in [0.2, 0.25) is 6.41 Å². The predicted molar refractivity (Wildman–Crippen MR) is 123 cm³/mol. The summed E-state index contributed by atoms with van der Waals surface area (Å²) in [5, 5.41) is 2.36. The SMILES string of the molecule is CCOc1cc(C(CC[SH](=O)=O)N2C(=O)c3cccc(COCNC=O)c3C2=O)ccc1OC. The van der Waals surface area contributed by atoms with Gasteiger partial charge in [-0.25, -0.2) is 8.42 Å². The number of thiol groups is 1. The van der Waals surface area contributed by atoms with E-state index in [4.69, 9.17) is 14.2 Å². The van der Waals surface area contributed by atoms with Gasteiger partial charge in [0.15, 0.2) is 11.5 Å². The molecule has 1 atom stereocenters. The van der Waals surface area contributed by atoms with Gasteiger partial charge in [-0.05, 0) is 42.7 Å². The molecule has 1 heterocycles. The fourth-order valence-corrected chi connectivity index (χ4v) is 4.33. The zero-order chi connectivity index (χ0) is 24.7. The monoisotopic (exact) mass is 490 g/mol. The summed E-state index contributed by atoms with van der Waals surface area (Å²) in [6.07, 6.45) is 0.514. The predicted octanol–water partition coefficient (Wildman–Crippen LogP) is 1.65. The van der Waals surface area contributed by atoms with Crippen LogP contribution in [0.2, 0.25) is 0 Å². The molecule has 0 bridgehead atoms. The molecule has 0 aromatic heterocycles. The largest absolute Gasteiger partial charge is 0.493 e. The third-order valence-corrected chi connectivity index (χ3v) is 5.95. The Morgan fingerprint density at radius 3 is 2.59 bits per heavy atom. The van der Waals surface area contributed by atoms with E-state index >= 15 is 0 Å². The van der Waals surface area contributed by atoms with E-state index in [0.717, 1.165) is 4.90 Å². The summed E-state index contributed by atoms with van der Waals surface area (Å²) in [5.41, 5.74) is 1.45. The molecule has 1 unspecified atom stereocenters. The zero-order valence-electron chi connectivity index (χ0n) is 18.8. The molecule has 1 aliphatic rings. The number of benzene rings is 2. The molecule has 1 aliphatic heterocycles. The van der Waals surface area contributed by atoms with Crippen LogP contribution in [0.15, 0.2) is 36.4 Å². The van der Waals surface area contributed by atoms with Crippen LogP contribution in [0.5, 0.6) is 11.5 Å². The van der Waals surface area contributed by atoms with Crippen LogP contribution in [0.4, 0.5) is 0 Å². The van der Waals surface area contributed by atoms with E-state index in [2.05, 4.69) is 5.32 Å². The summed E-state index contributed by atoms with van der Waals surface area (Å²) in [6, 6.07) is 9.01. The van der Waals surface area contributed by atoms with Gasteiger partial charge in [0.25, 0.3) is 11.8 Å². The third-order valence-electron chi connectivity index (χ3n) is 5.33. The van der Waals surface area contributed by atoms with Crippen LogP contribution in [-0.4, -0.2) is 57.7 Å². The van der Waals surface area contributed by atoms with Crippen molar-refractivity contribution in [3.63, 3.8) is 0 Å². The van der Waals surface area contributed by atoms with Crippen LogP contribution >= 0.6 is 0 Å². The number of carbonyl (C=O) groups is 3. The van der Waals surface area contributed by atoms with E-state index in [-0.39, 0.29) is 36.6 Å². The number of hydrogen-bond donors (Lipinski definition) is 2. The van der Waals surface area contributed by atoms with Crippen molar-refractivity contribution in [2.24, 2.45) is 0 Å². The van der Waals surface area contributed by atoms with E-state index < -0.39 is 28.6 Å². The molecule has 0 spiro atoms. The van der Waals surface area contributed by atoms with Crippen LogP contribution in [0.1, 0.15) is 51.2 Å². The molecule has 2 aromatic carbocycles. The number of amides is 3. The van der Waals surface area contributed by atoms with Crippen molar-refractivity contribution in [1.29, 1.82) is 0 Å². The number of imide groups is 1. The Morgan fingerprint density at radius 2 is 1.91 bits per heavy atom. The third kappa shape index (κ3) is 5.37. The second-order valence-corrected chi connectivity index (χ2v) is 8.45. The lowest BCUT2D eigenvalue weighted by molar-refractivity contribution is -0.111. The molecule has 10 nitrogen and oxygen atoms in total. The molecule has 11 heteroatoms. The summed E-state index contributed by atoms with van der Waals surface area (Å²) < 4.78 is 39.1. The maximum atomic E-state index is 13.5. The van der Waals surface area contributed by atoms with E-state index in [0.29, 0.717) is 35.6 Å². The molecule has 1 N–H and O–H groups in total. The summed E-state index contributed by atoms with van der Waals surface area (Å²) in [7, 11) is -1.23. The molecule has 0 saturated heterocycles. The van der Waals surface area contributed by atoms with Crippen molar-refractivity contribution >= 4 is 28.9 Å². The van der Waals surface area contributed by atoms with Gasteiger partial charge in [0, 0.05) is 5.75 Å². The number of nitrogens with zero attached hydrogens (tertiary/aromatic N) is 1. The molecule has 0 aliphatic carbocycles. The molecular weight excluding hydrogens is 464 g/mol. The lowest BCUT2D eigenvalue weighted by atomic mass is 10.0. The van der Waals surface area contributed by atoms with Crippen LogP contribution < -0.4 is 14.8 Å². The van der Waals surface area contributed by atoms with Crippen LogP contribution in [-0.2, 0) is 26.8 Å². The smallest absolute Gasteiger partial charge is 0.262 e. The van der Waals surface area contributed by atoms with Crippen molar-refractivity contribution in [3.05, 3.63) is 58.7 Å². The van der Waals surface area contributed by atoms with E-state index in [1.165, 1.54) is 7.11 Å². The van der Waals surface area contributed by atoms with Crippen LogP contribution in [0.25, 0.3) is 0 Å². The van der Waals surface area contributed by atoms with E-state index in [9.17, 15) is 22.8 Å². The highest BCUT2D eigenvalue weighted by Gasteiger charge is 2.42. The molecule has 2 aromatic rings. The molecule has 0 fully saturated rings. The summed E-state index contributed by atoms with van der Waals surface area (Å²) >= 11 is 0. The molecule has 0 saturated carbocycles. The molecular formula is C23H26N2O8S. The average Bonchev–Trinajstić information content (AvgIpc) is 3.08. The Bertz CT molecular complexity index is 1140. The maximum Gasteiger partial charge on any atom is 0.262 e.